The van der Waals surface area contributed by atoms with Gasteiger partial charge >= 0.3 is 0 Å². The second-order valence-corrected chi connectivity index (χ2v) is 22.5. The average molecular weight is 1000 g/mol. The molecule has 0 unspecified atom stereocenters. The Morgan fingerprint density at radius 2 is 0.610 bits per heavy atom. The molecule has 0 bridgehead atoms. The fraction of sp³-hybridized carbons (Fsp3) is 0.194. The van der Waals surface area contributed by atoms with Gasteiger partial charge < -0.3 is 13.7 Å². The van der Waals surface area contributed by atoms with E-state index in [4.69, 9.17) is 9.97 Å². The first kappa shape index (κ1) is 48.1. The maximum atomic E-state index is 5.17. The summed E-state index contributed by atoms with van der Waals surface area (Å²) in [5, 5.41) is 7.76. The highest BCUT2D eigenvalue weighted by Crippen LogP contribution is 2.49. The molecule has 0 radical (unpaired) electrons. The van der Waals surface area contributed by atoms with Gasteiger partial charge in [0.25, 0.3) is 0 Å². The minimum absolute atomic E-state index is 0.718. The highest BCUT2D eigenvalue weighted by molar-refractivity contribution is 6.17. The van der Waals surface area contributed by atoms with Crippen LogP contribution in [0.2, 0.25) is 0 Å². The van der Waals surface area contributed by atoms with Gasteiger partial charge in [-0.1, -0.05) is 70.8 Å². The van der Waals surface area contributed by atoms with Crippen LogP contribution in [0.1, 0.15) is 78.1 Å². The zero-order chi connectivity index (χ0) is 53.6. The van der Waals surface area contributed by atoms with Crippen LogP contribution in [-0.4, -0.2) is 23.7 Å². The molecule has 0 saturated carbocycles. The van der Waals surface area contributed by atoms with Gasteiger partial charge in [0.15, 0.2) is 5.82 Å². The lowest BCUT2D eigenvalue weighted by Gasteiger charge is -2.23. The van der Waals surface area contributed by atoms with Gasteiger partial charge in [0.05, 0.1) is 38.8 Å². The lowest BCUT2D eigenvalue weighted by Crippen LogP contribution is -2.06. The van der Waals surface area contributed by atoms with E-state index in [0.29, 0.717) is 0 Å². The monoisotopic (exact) mass is 1000 g/mol. The fourth-order valence-electron chi connectivity index (χ4n) is 13.0. The largest absolute Gasteiger partial charge is 0.309 e. The van der Waals surface area contributed by atoms with Crippen molar-refractivity contribution in [3.05, 3.63) is 218 Å². The van der Waals surface area contributed by atoms with Crippen LogP contribution in [0.5, 0.6) is 0 Å². The zero-order valence-electron chi connectivity index (χ0n) is 47.0. The molecule has 5 nitrogen and oxygen atoms in total. The van der Waals surface area contributed by atoms with Crippen molar-refractivity contribution in [2.24, 2.45) is 0 Å². The molecule has 13 aromatic rings. The molecule has 4 aromatic heterocycles. The first-order valence-electron chi connectivity index (χ1n) is 27.2. The van der Waals surface area contributed by atoms with Gasteiger partial charge in [-0.25, -0.2) is 9.97 Å². The highest BCUT2D eigenvalue weighted by atomic mass is 15.0. The van der Waals surface area contributed by atoms with Crippen molar-refractivity contribution in [2.45, 2.75) is 96.9 Å². The Bertz CT molecular complexity index is 4280. The minimum atomic E-state index is 0.718. The van der Waals surface area contributed by atoms with Crippen molar-refractivity contribution < 1.29 is 0 Å². The van der Waals surface area contributed by atoms with Crippen LogP contribution < -0.4 is 0 Å². The van der Waals surface area contributed by atoms with Gasteiger partial charge in [-0.15, -0.1) is 0 Å². The third-order valence-electron chi connectivity index (χ3n) is 17.6. The quantitative estimate of drug-likeness (QED) is 0.167. The summed E-state index contributed by atoms with van der Waals surface area (Å²) in [5.41, 5.74) is 33.7. The topological polar surface area (TPSA) is 40.6 Å². The van der Waals surface area contributed by atoms with Gasteiger partial charge in [-0.2, -0.15) is 0 Å². The van der Waals surface area contributed by atoms with E-state index in [2.05, 4.69) is 250 Å². The molecule has 5 heteroatoms. The van der Waals surface area contributed by atoms with Gasteiger partial charge in [0.1, 0.15) is 0 Å². The van der Waals surface area contributed by atoms with E-state index in [9.17, 15) is 0 Å². The van der Waals surface area contributed by atoms with E-state index < -0.39 is 0 Å². The summed E-state index contributed by atoms with van der Waals surface area (Å²) in [6.07, 6.45) is 0. The van der Waals surface area contributed by atoms with E-state index in [0.717, 1.165) is 62.1 Å². The van der Waals surface area contributed by atoms with Crippen LogP contribution in [0.15, 0.2) is 140 Å². The summed E-state index contributed by atoms with van der Waals surface area (Å²) < 4.78 is 7.53. The lowest BCUT2D eigenvalue weighted by atomic mass is 9.90. The highest BCUT2D eigenvalue weighted by Gasteiger charge is 2.29. The van der Waals surface area contributed by atoms with Crippen LogP contribution in [0, 0.1) is 96.9 Å². The molecule has 0 amide bonds. The predicted octanol–water partition coefficient (Wildman–Crippen LogP) is 19.1. The number of benzene rings is 9. The molecule has 0 aliphatic rings. The van der Waals surface area contributed by atoms with E-state index in [-0.39, 0.29) is 0 Å². The molecule has 378 valence electrons. The molecular formula is C72H65N5. The smallest absolute Gasteiger partial charge is 0.159 e. The number of hydrogen-bond acceptors (Lipinski definition) is 2. The van der Waals surface area contributed by atoms with Crippen molar-refractivity contribution in [3.63, 3.8) is 0 Å². The second-order valence-electron chi connectivity index (χ2n) is 22.5. The van der Waals surface area contributed by atoms with Gasteiger partial charge in [0, 0.05) is 71.8 Å². The van der Waals surface area contributed by atoms with E-state index in [1.807, 2.05) is 0 Å². The third-order valence-corrected chi connectivity index (χ3v) is 17.6. The van der Waals surface area contributed by atoms with Crippen LogP contribution in [0.4, 0.5) is 0 Å². The number of aryl methyl sites for hydroxylation is 10. The summed E-state index contributed by atoms with van der Waals surface area (Å²) >= 11 is 0. The maximum absolute atomic E-state index is 5.17. The van der Waals surface area contributed by atoms with Crippen LogP contribution in [0.25, 0.3) is 116 Å². The first-order chi connectivity index (χ1) is 37.0. The molecule has 0 spiro atoms. The molecule has 9 aromatic carbocycles. The SMILES string of the molecule is Cc1ccc2c(c1)c1cc(C)ccc1n2-c1ccc(-c2cc(-c3nc(C)cc(C)n3)cc(-c3ccc(-n4c5ccc(C)cc5c5cc(C)ccc54)cc3)c2-n2c3c(C)c(C)c(C)c(C)c3c3c(C)c(C)c(C)c(C)c32)cc1. The molecule has 0 N–H and O–H groups in total. The molecule has 13 rings (SSSR count). The van der Waals surface area contributed by atoms with Crippen molar-refractivity contribution in [3.8, 4) is 50.7 Å². The van der Waals surface area contributed by atoms with Crippen LogP contribution in [-0.2, 0) is 0 Å². The van der Waals surface area contributed by atoms with Gasteiger partial charge in [-0.3, -0.25) is 0 Å². The Morgan fingerprint density at radius 3 is 0.948 bits per heavy atom. The third kappa shape index (κ3) is 7.27. The molecule has 0 atom stereocenters. The molecule has 0 fully saturated rings. The maximum Gasteiger partial charge on any atom is 0.159 e. The van der Waals surface area contributed by atoms with Crippen molar-refractivity contribution in [1.82, 2.24) is 23.7 Å². The lowest BCUT2D eigenvalue weighted by molar-refractivity contribution is 1.06. The van der Waals surface area contributed by atoms with Crippen molar-refractivity contribution in [2.75, 3.05) is 0 Å². The molecule has 0 aliphatic heterocycles. The summed E-state index contributed by atoms with van der Waals surface area (Å²) in [6.45, 7) is 31.5. The minimum Gasteiger partial charge on any atom is -0.309 e. The summed E-state index contributed by atoms with van der Waals surface area (Å²) in [5.74, 6) is 0.718. The standard InChI is InChI=1S/C72H65N5/c1-38-15-27-63-59(31-38)60-32-39(2)16-28-64(60)75(63)55-23-19-52(20-24-55)57-36-54(72-73-42(5)35-43(6)74-72)37-58(53-21-25-56(26-22-53)76-65-29-17-40(3)33-61(65)62-34-41(4)18-30-66(62)76)71(57)77-69-50(13)46(9)44(7)48(11)67(69)68-49(12)45(8)47(10)51(14)70(68)77/h15-37H,1-14H3. The Morgan fingerprint density at radius 1 is 0.286 bits per heavy atom. The fourth-order valence-corrected chi connectivity index (χ4v) is 13.0. The van der Waals surface area contributed by atoms with Gasteiger partial charge in [-0.05, 0) is 244 Å². The molecule has 4 heterocycles. The number of nitrogens with zero attached hydrogens (tertiary/aromatic N) is 5. The molecule has 0 aliphatic carbocycles. The summed E-state index contributed by atoms with van der Waals surface area (Å²) in [7, 11) is 0. The zero-order valence-corrected chi connectivity index (χ0v) is 47.0. The van der Waals surface area contributed by atoms with E-state index >= 15 is 0 Å². The molecular weight excluding hydrogens is 935 g/mol. The Kier molecular flexibility index (Phi) is 10.9. The average Bonchev–Trinajstić information content (AvgIpc) is 4.09. The van der Waals surface area contributed by atoms with Gasteiger partial charge in [0.2, 0.25) is 0 Å². The van der Waals surface area contributed by atoms with Crippen molar-refractivity contribution in [1.29, 1.82) is 0 Å². The van der Waals surface area contributed by atoms with Crippen LogP contribution >= 0.6 is 0 Å². The summed E-state index contributed by atoms with van der Waals surface area (Å²) in [4.78, 5) is 10.3. The Hall–Kier alpha value is -8.54. The normalized spacial score (nSPS) is 12.0. The number of fused-ring (bicyclic) bond motifs is 9. The van der Waals surface area contributed by atoms with Crippen molar-refractivity contribution >= 4 is 65.4 Å². The van der Waals surface area contributed by atoms with E-state index in [1.54, 1.807) is 0 Å². The predicted molar refractivity (Wildman–Crippen MR) is 328 cm³/mol. The van der Waals surface area contributed by atoms with Crippen LogP contribution in [0.3, 0.4) is 0 Å². The molecule has 0 saturated heterocycles. The Balaban J connectivity index is 1.15. The second kappa shape index (κ2) is 17.5. The number of rotatable bonds is 6. The number of hydrogen-bond donors (Lipinski definition) is 0. The number of aromatic nitrogens is 5. The van der Waals surface area contributed by atoms with E-state index in [1.165, 1.54) is 132 Å². The first-order valence-corrected chi connectivity index (χ1v) is 27.2. The Labute approximate surface area is 452 Å². The summed E-state index contributed by atoms with van der Waals surface area (Å²) in [6, 6.07) is 52.8. The molecule has 77 heavy (non-hydrogen) atoms.